The van der Waals surface area contributed by atoms with Crippen LogP contribution in [-0.4, -0.2) is 19.1 Å². The van der Waals surface area contributed by atoms with E-state index in [9.17, 15) is 0 Å². The highest BCUT2D eigenvalue weighted by Crippen LogP contribution is 2.25. The highest BCUT2D eigenvalue weighted by atomic mass is 35.5. The van der Waals surface area contributed by atoms with Crippen LogP contribution in [0.4, 0.5) is 5.82 Å². The normalized spacial score (nSPS) is 10.5. The fraction of sp³-hybridized carbons (Fsp3) is 0.353. The van der Waals surface area contributed by atoms with Crippen LogP contribution in [0.5, 0.6) is 5.75 Å². The van der Waals surface area contributed by atoms with E-state index in [0.29, 0.717) is 5.88 Å². The molecule has 0 saturated heterocycles. The Labute approximate surface area is 131 Å². The van der Waals surface area contributed by atoms with Gasteiger partial charge in [-0.1, -0.05) is 12.1 Å². The van der Waals surface area contributed by atoms with Crippen LogP contribution in [0.25, 0.3) is 0 Å². The molecular formula is C17H21ClN2O. The number of anilines is 1. The van der Waals surface area contributed by atoms with Gasteiger partial charge in [0.1, 0.15) is 11.6 Å². The van der Waals surface area contributed by atoms with Gasteiger partial charge in [0.05, 0.1) is 13.0 Å². The maximum absolute atomic E-state index is 6.10. The minimum atomic E-state index is 0.469. The molecule has 0 atom stereocenters. The minimum Gasteiger partial charge on any atom is -0.497 e. The fourth-order valence-corrected chi connectivity index (χ4v) is 2.77. The maximum atomic E-state index is 6.10. The van der Waals surface area contributed by atoms with Crippen molar-refractivity contribution in [3.05, 3.63) is 52.7 Å². The summed E-state index contributed by atoms with van der Waals surface area (Å²) in [6, 6.07) is 10.1. The molecule has 0 aliphatic rings. The second-order valence-electron chi connectivity index (χ2n) is 5.22. The SMILES string of the molecule is COc1cccc(CN(C)c2nc(C)cc(C)c2CCl)c1. The van der Waals surface area contributed by atoms with Crippen LogP contribution in [0.15, 0.2) is 30.3 Å². The van der Waals surface area contributed by atoms with Gasteiger partial charge in [0, 0.05) is 24.8 Å². The van der Waals surface area contributed by atoms with E-state index in [1.807, 2.05) is 32.2 Å². The molecule has 21 heavy (non-hydrogen) atoms. The van der Waals surface area contributed by atoms with Gasteiger partial charge >= 0.3 is 0 Å². The van der Waals surface area contributed by atoms with Gasteiger partial charge in [-0.2, -0.15) is 0 Å². The predicted molar refractivity (Wildman–Crippen MR) is 88.4 cm³/mol. The van der Waals surface area contributed by atoms with E-state index >= 15 is 0 Å². The number of hydrogen-bond donors (Lipinski definition) is 0. The first-order chi connectivity index (χ1) is 10.0. The van der Waals surface area contributed by atoms with Crippen LogP contribution >= 0.6 is 11.6 Å². The van der Waals surface area contributed by atoms with Gasteiger partial charge in [0.2, 0.25) is 0 Å². The lowest BCUT2D eigenvalue weighted by molar-refractivity contribution is 0.414. The lowest BCUT2D eigenvalue weighted by Crippen LogP contribution is -2.20. The van der Waals surface area contributed by atoms with Gasteiger partial charge in [0.25, 0.3) is 0 Å². The summed E-state index contributed by atoms with van der Waals surface area (Å²) in [5, 5.41) is 0. The van der Waals surface area contributed by atoms with Gasteiger partial charge in [-0.15, -0.1) is 11.6 Å². The molecular weight excluding hydrogens is 284 g/mol. The molecule has 0 aliphatic carbocycles. The topological polar surface area (TPSA) is 25.4 Å². The molecule has 2 rings (SSSR count). The number of pyridine rings is 1. The number of aryl methyl sites for hydroxylation is 2. The molecule has 0 spiro atoms. The van der Waals surface area contributed by atoms with Crippen molar-refractivity contribution < 1.29 is 4.74 Å². The van der Waals surface area contributed by atoms with Gasteiger partial charge in [-0.3, -0.25) is 0 Å². The molecule has 1 heterocycles. The second kappa shape index (κ2) is 6.81. The molecule has 3 nitrogen and oxygen atoms in total. The van der Waals surface area contributed by atoms with E-state index in [0.717, 1.165) is 29.4 Å². The van der Waals surface area contributed by atoms with E-state index in [1.165, 1.54) is 11.1 Å². The Morgan fingerprint density at radius 2 is 2.00 bits per heavy atom. The first-order valence-electron chi connectivity index (χ1n) is 6.92. The van der Waals surface area contributed by atoms with Crippen LogP contribution in [0, 0.1) is 13.8 Å². The summed E-state index contributed by atoms with van der Waals surface area (Å²) in [6.07, 6.45) is 0. The highest BCUT2D eigenvalue weighted by Gasteiger charge is 2.12. The van der Waals surface area contributed by atoms with E-state index in [2.05, 4.69) is 28.9 Å². The van der Waals surface area contributed by atoms with Gasteiger partial charge < -0.3 is 9.64 Å². The van der Waals surface area contributed by atoms with Gasteiger partial charge in [0.15, 0.2) is 0 Å². The number of nitrogens with zero attached hydrogens (tertiary/aromatic N) is 2. The summed E-state index contributed by atoms with van der Waals surface area (Å²) in [4.78, 5) is 6.79. The van der Waals surface area contributed by atoms with Crippen molar-refractivity contribution in [1.29, 1.82) is 0 Å². The maximum Gasteiger partial charge on any atom is 0.133 e. The summed E-state index contributed by atoms with van der Waals surface area (Å²) < 4.78 is 5.27. The summed E-state index contributed by atoms with van der Waals surface area (Å²) in [5.41, 5.74) is 4.46. The first-order valence-corrected chi connectivity index (χ1v) is 7.45. The van der Waals surface area contributed by atoms with Crippen molar-refractivity contribution in [2.75, 3.05) is 19.1 Å². The van der Waals surface area contributed by atoms with Crippen LogP contribution < -0.4 is 9.64 Å². The Morgan fingerprint density at radius 1 is 1.24 bits per heavy atom. The lowest BCUT2D eigenvalue weighted by atomic mass is 10.1. The molecule has 0 fully saturated rings. The average Bonchev–Trinajstić information content (AvgIpc) is 2.46. The molecule has 0 saturated carbocycles. The Kier molecular flexibility index (Phi) is 5.07. The summed E-state index contributed by atoms with van der Waals surface area (Å²) in [5.74, 6) is 2.29. The van der Waals surface area contributed by atoms with Gasteiger partial charge in [-0.05, 0) is 43.2 Å². The first kappa shape index (κ1) is 15.6. The Balaban J connectivity index is 2.29. The zero-order valence-corrected chi connectivity index (χ0v) is 13.7. The summed E-state index contributed by atoms with van der Waals surface area (Å²) in [7, 11) is 3.72. The fourth-order valence-electron chi connectivity index (χ4n) is 2.44. The molecule has 4 heteroatoms. The van der Waals surface area contributed by atoms with Crippen molar-refractivity contribution in [3.8, 4) is 5.75 Å². The third-order valence-electron chi connectivity index (χ3n) is 3.50. The Bertz CT molecular complexity index is 628. The third kappa shape index (κ3) is 3.67. The monoisotopic (exact) mass is 304 g/mol. The van der Waals surface area contributed by atoms with Crippen LogP contribution in [0.2, 0.25) is 0 Å². The molecule has 1 aromatic heterocycles. The number of benzene rings is 1. The standard InChI is InChI=1S/C17H21ClN2O/c1-12-8-13(2)19-17(16(12)10-18)20(3)11-14-6-5-7-15(9-14)21-4/h5-9H,10-11H2,1-4H3. The summed E-state index contributed by atoms with van der Waals surface area (Å²) >= 11 is 6.10. The molecule has 0 amide bonds. The number of ether oxygens (including phenoxy) is 1. The zero-order valence-electron chi connectivity index (χ0n) is 13.0. The molecule has 1 aromatic carbocycles. The average molecular weight is 305 g/mol. The lowest BCUT2D eigenvalue weighted by Gasteiger charge is -2.22. The third-order valence-corrected chi connectivity index (χ3v) is 3.77. The van der Waals surface area contributed by atoms with Crippen molar-refractivity contribution >= 4 is 17.4 Å². The molecule has 112 valence electrons. The van der Waals surface area contributed by atoms with Gasteiger partial charge in [-0.25, -0.2) is 4.98 Å². The largest absolute Gasteiger partial charge is 0.497 e. The number of aromatic nitrogens is 1. The van der Waals surface area contributed by atoms with Crippen LogP contribution in [0.1, 0.15) is 22.4 Å². The Morgan fingerprint density at radius 3 is 2.67 bits per heavy atom. The highest BCUT2D eigenvalue weighted by molar-refractivity contribution is 6.17. The van der Waals surface area contributed by atoms with Crippen LogP contribution in [-0.2, 0) is 12.4 Å². The van der Waals surface area contributed by atoms with Crippen molar-refractivity contribution in [2.45, 2.75) is 26.3 Å². The van der Waals surface area contributed by atoms with Crippen molar-refractivity contribution in [3.63, 3.8) is 0 Å². The zero-order chi connectivity index (χ0) is 15.4. The van der Waals surface area contributed by atoms with E-state index in [4.69, 9.17) is 16.3 Å². The number of alkyl halides is 1. The molecule has 0 unspecified atom stereocenters. The van der Waals surface area contributed by atoms with Crippen LogP contribution in [0.3, 0.4) is 0 Å². The Hall–Kier alpha value is -1.74. The number of halogens is 1. The molecule has 0 aliphatic heterocycles. The minimum absolute atomic E-state index is 0.469. The quantitative estimate of drug-likeness (QED) is 0.778. The predicted octanol–water partition coefficient (Wildman–Crippen LogP) is 4.08. The number of hydrogen-bond acceptors (Lipinski definition) is 3. The molecule has 2 aromatic rings. The molecule has 0 radical (unpaired) electrons. The van der Waals surface area contributed by atoms with E-state index in [1.54, 1.807) is 7.11 Å². The number of rotatable bonds is 5. The summed E-state index contributed by atoms with van der Waals surface area (Å²) in [6.45, 7) is 4.85. The smallest absolute Gasteiger partial charge is 0.133 e. The van der Waals surface area contributed by atoms with Crippen molar-refractivity contribution in [2.24, 2.45) is 0 Å². The molecule has 0 N–H and O–H groups in total. The van der Waals surface area contributed by atoms with Crippen molar-refractivity contribution in [1.82, 2.24) is 4.98 Å². The second-order valence-corrected chi connectivity index (χ2v) is 5.49. The number of methoxy groups -OCH3 is 1. The van der Waals surface area contributed by atoms with E-state index in [-0.39, 0.29) is 0 Å². The molecule has 0 bridgehead atoms. The van der Waals surface area contributed by atoms with E-state index < -0.39 is 0 Å².